The van der Waals surface area contributed by atoms with Gasteiger partial charge < -0.3 is 0 Å². The summed E-state index contributed by atoms with van der Waals surface area (Å²) < 4.78 is 24.6. The summed E-state index contributed by atoms with van der Waals surface area (Å²) in [6.07, 6.45) is 0.380. The Kier molecular flexibility index (Phi) is 2.29. The Morgan fingerprint density at radius 1 is 1.55 bits per heavy atom. The summed E-state index contributed by atoms with van der Waals surface area (Å²) in [5.41, 5.74) is 0. The molecular weight excluding hydrogens is 166 g/mol. The number of hydrogen-bond acceptors (Lipinski definition) is 3. The SMILES string of the molecule is CCNS(=O)(=O)C1CC(=O)C1. The summed E-state index contributed by atoms with van der Waals surface area (Å²) in [5.74, 6) is 0.0384. The Labute approximate surface area is 66.0 Å². The maximum Gasteiger partial charge on any atom is 0.215 e. The van der Waals surface area contributed by atoms with E-state index in [1.54, 1.807) is 6.92 Å². The third-order valence-electron chi connectivity index (χ3n) is 1.70. The number of hydrogen-bond donors (Lipinski definition) is 1. The number of ketones is 1. The van der Waals surface area contributed by atoms with Crippen LogP contribution in [0.3, 0.4) is 0 Å². The fourth-order valence-corrected chi connectivity index (χ4v) is 2.44. The zero-order chi connectivity index (χ0) is 8.48. The zero-order valence-electron chi connectivity index (χ0n) is 6.33. The maximum atomic E-state index is 11.1. The first-order chi connectivity index (χ1) is 5.06. The minimum absolute atomic E-state index is 0.0384. The van der Waals surface area contributed by atoms with Crippen LogP contribution in [0.15, 0.2) is 0 Å². The van der Waals surface area contributed by atoms with E-state index in [4.69, 9.17) is 0 Å². The van der Waals surface area contributed by atoms with Gasteiger partial charge in [-0.15, -0.1) is 0 Å². The molecule has 0 bridgehead atoms. The van der Waals surface area contributed by atoms with Crippen molar-refractivity contribution < 1.29 is 13.2 Å². The van der Waals surface area contributed by atoms with Crippen LogP contribution in [0.5, 0.6) is 0 Å². The van der Waals surface area contributed by atoms with Crippen molar-refractivity contribution in [1.29, 1.82) is 0 Å². The van der Waals surface area contributed by atoms with Gasteiger partial charge in [0.2, 0.25) is 10.0 Å². The Hall–Kier alpha value is -0.420. The normalized spacial score (nSPS) is 19.9. The fraction of sp³-hybridized carbons (Fsp3) is 0.833. The number of Topliss-reactive ketones (excluding diaryl/α,β-unsaturated/α-hetero) is 1. The van der Waals surface area contributed by atoms with Gasteiger partial charge in [0.05, 0.1) is 5.25 Å². The van der Waals surface area contributed by atoms with E-state index in [-0.39, 0.29) is 18.6 Å². The van der Waals surface area contributed by atoms with E-state index < -0.39 is 15.3 Å². The molecule has 0 aliphatic heterocycles. The molecule has 1 aliphatic carbocycles. The lowest BCUT2D eigenvalue weighted by atomic mass is 9.98. The van der Waals surface area contributed by atoms with Crippen LogP contribution in [0.4, 0.5) is 0 Å². The lowest BCUT2D eigenvalue weighted by Gasteiger charge is -2.23. The second kappa shape index (κ2) is 2.91. The topological polar surface area (TPSA) is 63.2 Å². The van der Waals surface area contributed by atoms with Gasteiger partial charge in [0, 0.05) is 19.4 Å². The van der Waals surface area contributed by atoms with Crippen molar-refractivity contribution in [3.8, 4) is 0 Å². The summed E-state index contributed by atoms with van der Waals surface area (Å²) in [6, 6.07) is 0. The summed E-state index contributed by atoms with van der Waals surface area (Å²) in [4.78, 5) is 10.5. The Morgan fingerprint density at radius 3 is 2.45 bits per heavy atom. The van der Waals surface area contributed by atoms with Crippen molar-refractivity contribution in [1.82, 2.24) is 4.72 Å². The van der Waals surface area contributed by atoms with Gasteiger partial charge in [0.25, 0.3) is 0 Å². The van der Waals surface area contributed by atoms with Crippen molar-refractivity contribution in [3.63, 3.8) is 0 Å². The predicted octanol–water partition coefficient (Wildman–Crippen LogP) is -0.343. The average Bonchev–Trinajstić information content (AvgIpc) is 1.81. The number of carbonyl (C=O) groups excluding carboxylic acids is 1. The molecule has 0 aromatic carbocycles. The Morgan fingerprint density at radius 2 is 2.09 bits per heavy atom. The summed E-state index contributed by atoms with van der Waals surface area (Å²) in [7, 11) is -3.18. The molecule has 1 rings (SSSR count). The van der Waals surface area contributed by atoms with E-state index in [9.17, 15) is 13.2 Å². The minimum Gasteiger partial charge on any atom is -0.300 e. The quantitative estimate of drug-likeness (QED) is 0.641. The monoisotopic (exact) mass is 177 g/mol. The fourth-order valence-electron chi connectivity index (χ4n) is 0.987. The van der Waals surface area contributed by atoms with E-state index in [1.165, 1.54) is 0 Å². The molecule has 5 heteroatoms. The van der Waals surface area contributed by atoms with Crippen LogP contribution in [0, 0.1) is 0 Å². The molecule has 0 amide bonds. The molecule has 1 saturated carbocycles. The van der Waals surface area contributed by atoms with Gasteiger partial charge >= 0.3 is 0 Å². The van der Waals surface area contributed by atoms with Crippen molar-refractivity contribution in [2.45, 2.75) is 25.0 Å². The zero-order valence-corrected chi connectivity index (χ0v) is 7.15. The predicted molar refractivity (Wildman–Crippen MR) is 40.6 cm³/mol. The molecule has 0 aromatic heterocycles. The molecule has 0 aromatic rings. The van der Waals surface area contributed by atoms with Gasteiger partial charge in [0.15, 0.2) is 0 Å². The number of rotatable bonds is 3. The van der Waals surface area contributed by atoms with E-state index in [0.29, 0.717) is 6.54 Å². The number of carbonyl (C=O) groups is 1. The molecule has 0 unspecified atom stereocenters. The van der Waals surface area contributed by atoms with E-state index >= 15 is 0 Å². The number of sulfonamides is 1. The van der Waals surface area contributed by atoms with Crippen LogP contribution in [0.2, 0.25) is 0 Å². The van der Waals surface area contributed by atoms with Crippen molar-refractivity contribution in [3.05, 3.63) is 0 Å². The van der Waals surface area contributed by atoms with Crippen LogP contribution >= 0.6 is 0 Å². The third-order valence-corrected chi connectivity index (χ3v) is 3.60. The van der Waals surface area contributed by atoms with Crippen molar-refractivity contribution in [2.75, 3.05) is 6.54 Å². The molecule has 4 nitrogen and oxygen atoms in total. The molecule has 0 spiro atoms. The average molecular weight is 177 g/mol. The van der Waals surface area contributed by atoms with Gasteiger partial charge in [-0.2, -0.15) is 0 Å². The van der Waals surface area contributed by atoms with Gasteiger partial charge in [-0.25, -0.2) is 13.1 Å². The van der Waals surface area contributed by atoms with Crippen LogP contribution in [0.25, 0.3) is 0 Å². The van der Waals surface area contributed by atoms with Crippen molar-refractivity contribution >= 4 is 15.8 Å². The standard InChI is InChI=1S/C6H11NO3S/c1-2-7-11(9,10)6-3-5(8)4-6/h6-7H,2-4H2,1H3. The molecule has 0 heterocycles. The van der Waals surface area contributed by atoms with Gasteiger partial charge in [0.1, 0.15) is 5.78 Å². The van der Waals surface area contributed by atoms with Crippen LogP contribution in [-0.4, -0.2) is 26.0 Å². The van der Waals surface area contributed by atoms with E-state index in [1.807, 2.05) is 0 Å². The first-order valence-corrected chi connectivity index (χ1v) is 5.11. The maximum absolute atomic E-state index is 11.1. The number of nitrogens with one attached hydrogen (secondary N) is 1. The lowest BCUT2D eigenvalue weighted by Crippen LogP contribution is -2.42. The first kappa shape index (κ1) is 8.67. The summed E-state index contributed by atoms with van der Waals surface area (Å²) in [5, 5.41) is -0.463. The molecule has 0 radical (unpaired) electrons. The molecular formula is C6H11NO3S. The van der Waals surface area contributed by atoms with Crippen LogP contribution < -0.4 is 4.72 Å². The van der Waals surface area contributed by atoms with E-state index in [0.717, 1.165) is 0 Å². The van der Waals surface area contributed by atoms with Gasteiger partial charge in [-0.05, 0) is 0 Å². The smallest absolute Gasteiger partial charge is 0.215 e. The van der Waals surface area contributed by atoms with Crippen molar-refractivity contribution in [2.24, 2.45) is 0 Å². The van der Waals surface area contributed by atoms with Crippen LogP contribution in [-0.2, 0) is 14.8 Å². The van der Waals surface area contributed by atoms with E-state index in [2.05, 4.69) is 4.72 Å². The molecule has 1 fully saturated rings. The highest BCUT2D eigenvalue weighted by atomic mass is 32.2. The molecule has 11 heavy (non-hydrogen) atoms. The summed E-state index contributed by atoms with van der Waals surface area (Å²) >= 11 is 0. The molecule has 0 saturated heterocycles. The highest BCUT2D eigenvalue weighted by Gasteiger charge is 2.36. The third kappa shape index (κ3) is 1.78. The molecule has 0 atom stereocenters. The highest BCUT2D eigenvalue weighted by molar-refractivity contribution is 7.90. The Balaban J connectivity index is 2.54. The molecule has 64 valence electrons. The molecule has 1 aliphatic rings. The molecule has 1 N–H and O–H groups in total. The first-order valence-electron chi connectivity index (χ1n) is 3.56. The summed E-state index contributed by atoms with van der Waals surface area (Å²) in [6.45, 7) is 2.12. The largest absolute Gasteiger partial charge is 0.300 e. The Bertz CT molecular complexity index is 249. The lowest BCUT2D eigenvalue weighted by molar-refractivity contribution is -0.123. The highest BCUT2D eigenvalue weighted by Crippen LogP contribution is 2.21. The second-order valence-corrected chi connectivity index (χ2v) is 4.66. The van der Waals surface area contributed by atoms with Crippen LogP contribution in [0.1, 0.15) is 19.8 Å². The minimum atomic E-state index is -3.18. The van der Waals surface area contributed by atoms with Gasteiger partial charge in [-0.1, -0.05) is 6.92 Å². The second-order valence-electron chi connectivity index (χ2n) is 2.61. The van der Waals surface area contributed by atoms with Gasteiger partial charge in [-0.3, -0.25) is 4.79 Å².